The predicted molar refractivity (Wildman–Crippen MR) is 185 cm³/mol. The summed E-state index contributed by atoms with van der Waals surface area (Å²) in [4.78, 5) is 30.9. The van der Waals surface area contributed by atoms with Crippen molar-refractivity contribution in [3.8, 4) is 0 Å². The van der Waals surface area contributed by atoms with Gasteiger partial charge in [-0.2, -0.15) is 0 Å². The van der Waals surface area contributed by atoms with Crippen molar-refractivity contribution in [2.45, 2.75) is 23.6 Å². The van der Waals surface area contributed by atoms with Crippen LogP contribution >= 0.6 is 23.5 Å². The smallest absolute Gasteiger partial charge is 0.356 e. The van der Waals surface area contributed by atoms with E-state index < -0.39 is 0 Å². The normalized spacial score (nSPS) is 12.0. The monoisotopic (exact) mass is 643 g/mol. The third kappa shape index (κ3) is 5.73. The molecule has 0 bridgehead atoms. The summed E-state index contributed by atoms with van der Waals surface area (Å²) in [6, 6.07) is 18.4. The lowest BCUT2D eigenvalue weighted by Crippen LogP contribution is -2.22. The number of pyridine rings is 2. The molecule has 234 valence electrons. The van der Waals surface area contributed by atoms with E-state index in [1.165, 1.54) is 23.5 Å². The number of nitrogens with zero attached hydrogens (tertiary/aromatic N) is 4. The molecule has 5 aromatic rings. The fraction of sp³-hybridized carbons (Fsp3) is 0.286. The quantitative estimate of drug-likeness (QED) is 0.127. The van der Waals surface area contributed by atoms with Crippen molar-refractivity contribution in [2.75, 3.05) is 58.8 Å². The molecule has 1 aromatic carbocycles. The SMILES string of the molecule is CCOC(=O)c1c(SC)c(/C(c2ccccc2)=c2/c(SC)c(C(=O)OCC)n3ccc(=[N+](C)C)cc23)c2cc(N(C)C)ccn12. The summed E-state index contributed by atoms with van der Waals surface area (Å²) in [5.41, 5.74) is 6.43. The number of rotatable bonds is 9. The maximum absolute atomic E-state index is 13.6. The predicted octanol–water partition coefficient (Wildman–Crippen LogP) is 5.05. The summed E-state index contributed by atoms with van der Waals surface area (Å²) in [5.74, 6) is -0.774. The number of carbonyl (C=O) groups excluding carboxylic acids is 2. The first-order valence-electron chi connectivity index (χ1n) is 14.7. The van der Waals surface area contributed by atoms with Crippen LogP contribution in [-0.4, -0.2) is 74.7 Å². The molecule has 0 saturated carbocycles. The van der Waals surface area contributed by atoms with Gasteiger partial charge >= 0.3 is 11.9 Å². The van der Waals surface area contributed by atoms with Crippen LogP contribution in [0.25, 0.3) is 16.6 Å². The van der Waals surface area contributed by atoms with Gasteiger partial charge in [0.15, 0.2) is 0 Å². The van der Waals surface area contributed by atoms with E-state index in [9.17, 15) is 9.59 Å². The van der Waals surface area contributed by atoms with Gasteiger partial charge in [-0.05, 0) is 44.1 Å². The van der Waals surface area contributed by atoms with Gasteiger partial charge in [0, 0.05) is 70.5 Å². The Morgan fingerprint density at radius 3 is 1.93 bits per heavy atom. The molecule has 0 aliphatic heterocycles. The second-order valence-corrected chi connectivity index (χ2v) is 12.4. The van der Waals surface area contributed by atoms with E-state index in [2.05, 4.69) is 24.3 Å². The topological polar surface area (TPSA) is 67.7 Å². The third-order valence-corrected chi connectivity index (χ3v) is 9.31. The maximum Gasteiger partial charge on any atom is 0.356 e. The summed E-state index contributed by atoms with van der Waals surface area (Å²) >= 11 is 3.02. The molecule has 0 fully saturated rings. The summed E-state index contributed by atoms with van der Waals surface area (Å²) in [5, 5.41) is 1.89. The second kappa shape index (κ2) is 13.5. The number of fused-ring (bicyclic) bond motifs is 2. The summed E-state index contributed by atoms with van der Waals surface area (Å²) in [7, 11) is 8.00. The fourth-order valence-corrected chi connectivity index (χ4v) is 7.25. The Hall–Kier alpha value is -4.15. The summed E-state index contributed by atoms with van der Waals surface area (Å²) in [6.07, 6.45) is 7.84. The van der Waals surface area contributed by atoms with Gasteiger partial charge < -0.3 is 23.2 Å². The number of benzene rings is 1. The minimum Gasteiger partial charge on any atom is -0.461 e. The van der Waals surface area contributed by atoms with Crippen LogP contribution in [0, 0.1) is 0 Å². The standard InChI is InChI=1S/C35H39N4O4S2/c1-9-42-34(40)30-32(44-7)28(25-20-23(36(3)4)16-18-38(25)30)27(22-14-12-11-13-15-22)29-26-21-24(37(5)6)17-19-39(26)31(33(29)45-8)35(41)43-10-2/h11-21H,9-10H2,1-8H3/q+1. The number of hydrogen-bond donors (Lipinski definition) is 0. The van der Waals surface area contributed by atoms with Gasteiger partial charge in [0.05, 0.1) is 24.2 Å². The van der Waals surface area contributed by atoms with Gasteiger partial charge in [-0.1, -0.05) is 30.3 Å². The van der Waals surface area contributed by atoms with Gasteiger partial charge in [0.25, 0.3) is 0 Å². The van der Waals surface area contributed by atoms with Gasteiger partial charge in [0.2, 0.25) is 5.36 Å². The van der Waals surface area contributed by atoms with E-state index in [4.69, 9.17) is 9.47 Å². The Balaban J connectivity index is 2.15. The fourth-order valence-electron chi connectivity index (χ4n) is 5.68. The van der Waals surface area contributed by atoms with Crippen LogP contribution in [0.15, 0.2) is 76.8 Å². The van der Waals surface area contributed by atoms with Crippen LogP contribution in [-0.2, 0) is 9.47 Å². The highest BCUT2D eigenvalue weighted by Gasteiger charge is 2.30. The van der Waals surface area contributed by atoms with Crippen LogP contribution in [0.3, 0.4) is 0 Å². The molecular weight excluding hydrogens is 605 g/mol. The first-order valence-corrected chi connectivity index (χ1v) is 17.2. The molecule has 0 unspecified atom stereocenters. The Labute approximate surface area is 271 Å². The number of hydrogen-bond acceptors (Lipinski definition) is 7. The van der Waals surface area contributed by atoms with Crippen LogP contribution in [0.5, 0.6) is 0 Å². The van der Waals surface area contributed by atoms with Crippen LogP contribution in [0.1, 0.15) is 46.0 Å². The number of ether oxygens (including phenoxy) is 2. The zero-order chi connectivity index (χ0) is 32.4. The van der Waals surface area contributed by atoms with Crippen molar-refractivity contribution < 1.29 is 19.1 Å². The lowest BCUT2D eigenvalue weighted by atomic mass is 9.95. The third-order valence-electron chi connectivity index (χ3n) is 7.70. The van der Waals surface area contributed by atoms with Crippen molar-refractivity contribution in [3.63, 3.8) is 0 Å². The number of thioether (sulfide) groups is 2. The molecule has 5 rings (SSSR count). The van der Waals surface area contributed by atoms with E-state index in [0.29, 0.717) is 11.4 Å². The largest absolute Gasteiger partial charge is 0.461 e. The Morgan fingerprint density at radius 2 is 1.38 bits per heavy atom. The maximum atomic E-state index is 13.6. The zero-order valence-corrected chi connectivity index (χ0v) is 28.6. The molecular formula is C35H39N4O4S2+. The average molecular weight is 644 g/mol. The number of esters is 2. The molecule has 10 heteroatoms. The molecule has 0 aliphatic rings. The highest BCUT2D eigenvalue weighted by molar-refractivity contribution is 7.99. The Kier molecular flexibility index (Phi) is 9.65. The molecule has 0 atom stereocenters. The number of carbonyl (C=O) groups is 2. The molecule has 0 saturated heterocycles. The number of anilines is 1. The molecule has 4 aromatic heterocycles. The van der Waals surface area contributed by atoms with Crippen molar-refractivity contribution in [2.24, 2.45) is 0 Å². The average Bonchev–Trinajstić information content (AvgIpc) is 3.54. The van der Waals surface area contributed by atoms with Crippen LogP contribution in [0.2, 0.25) is 0 Å². The Bertz CT molecular complexity index is 2040. The number of aromatic nitrogens is 2. The molecule has 0 spiro atoms. The highest BCUT2D eigenvalue weighted by Crippen LogP contribution is 2.40. The first-order chi connectivity index (χ1) is 21.7. The van der Waals surface area contributed by atoms with Crippen molar-refractivity contribution in [1.82, 2.24) is 13.4 Å². The second-order valence-electron chi connectivity index (χ2n) is 10.8. The van der Waals surface area contributed by atoms with Gasteiger partial charge in [0.1, 0.15) is 25.5 Å². The van der Waals surface area contributed by atoms with E-state index in [0.717, 1.165) is 53.8 Å². The van der Waals surface area contributed by atoms with Crippen molar-refractivity contribution in [3.05, 3.63) is 100 Å². The minimum atomic E-state index is -0.387. The summed E-state index contributed by atoms with van der Waals surface area (Å²) < 4.78 is 17.1. The van der Waals surface area contributed by atoms with E-state index in [-0.39, 0.29) is 25.2 Å². The van der Waals surface area contributed by atoms with E-state index in [1.807, 2.05) is 116 Å². The van der Waals surface area contributed by atoms with E-state index in [1.54, 1.807) is 0 Å². The van der Waals surface area contributed by atoms with Crippen molar-refractivity contribution >= 4 is 57.8 Å². The highest BCUT2D eigenvalue weighted by atomic mass is 32.2. The molecule has 0 aliphatic carbocycles. The zero-order valence-electron chi connectivity index (χ0n) is 27.0. The van der Waals surface area contributed by atoms with Crippen molar-refractivity contribution in [1.29, 1.82) is 0 Å². The molecule has 4 heterocycles. The van der Waals surface area contributed by atoms with Crippen LogP contribution in [0.4, 0.5) is 5.69 Å². The molecule has 0 N–H and O–H groups in total. The molecule has 0 radical (unpaired) electrons. The molecule has 0 amide bonds. The van der Waals surface area contributed by atoms with Gasteiger partial charge in [-0.3, -0.25) is 0 Å². The Morgan fingerprint density at radius 1 is 0.800 bits per heavy atom. The lowest BCUT2D eigenvalue weighted by Gasteiger charge is -2.15. The lowest BCUT2D eigenvalue weighted by molar-refractivity contribution is 0.0504. The van der Waals surface area contributed by atoms with Gasteiger partial charge in [-0.15, -0.1) is 23.5 Å². The van der Waals surface area contributed by atoms with Gasteiger partial charge in [-0.25, -0.2) is 14.2 Å². The summed E-state index contributed by atoms with van der Waals surface area (Å²) in [6.45, 7) is 4.15. The van der Waals surface area contributed by atoms with Crippen LogP contribution < -0.4 is 20.1 Å². The molecule has 8 nitrogen and oxygen atoms in total. The first kappa shape index (κ1) is 32.2. The minimum absolute atomic E-state index is 0.261. The molecule has 45 heavy (non-hydrogen) atoms. The van der Waals surface area contributed by atoms with E-state index >= 15 is 0 Å².